The lowest BCUT2D eigenvalue weighted by Gasteiger charge is -2.20. The Balaban J connectivity index is 1.81. The van der Waals surface area contributed by atoms with Gasteiger partial charge in [-0.15, -0.1) is 23.5 Å². The lowest BCUT2D eigenvalue weighted by molar-refractivity contribution is 0.543. The Kier molecular flexibility index (Phi) is 5.83. The van der Waals surface area contributed by atoms with Crippen LogP contribution < -0.4 is 0 Å². The molecule has 3 atom stereocenters. The molecule has 0 heterocycles. The van der Waals surface area contributed by atoms with Gasteiger partial charge >= 0.3 is 0 Å². The molecule has 2 nitrogen and oxygen atoms in total. The Labute approximate surface area is 182 Å². The van der Waals surface area contributed by atoms with Crippen LogP contribution in [0.3, 0.4) is 0 Å². The van der Waals surface area contributed by atoms with Crippen molar-refractivity contribution in [3.63, 3.8) is 0 Å². The number of benzene rings is 3. The molecular weight excluding hydrogens is 416 g/mol. The predicted molar refractivity (Wildman–Crippen MR) is 123 cm³/mol. The first-order chi connectivity index (χ1) is 14.0. The summed E-state index contributed by atoms with van der Waals surface area (Å²) in [6.07, 6.45) is 0. The van der Waals surface area contributed by atoms with Crippen LogP contribution >= 0.6 is 23.5 Å². The zero-order chi connectivity index (χ0) is 20.5. The molecule has 0 N–H and O–H groups in total. The normalized spacial score (nSPS) is 23.8. The summed E-state index contributed by atoms with van der Waals surface area (Å²) in [5.41, 5.74) is 0. The van der Waals surface area contributed by atoms with Crippen molar-refractivity contribution in [3.8, 4) is 0 Å². The molecule has 0 amide bonds. The first kappa shape index (κ1) is 20.6. The van der Waals surface area contributed by atoms with Crippen LogP contribution in [0, 0.1) is 11.8 Å². The molecule has 0 spiro atoms. The fourth-order valence-electron chi connectivity index (χ4n) is 3.92. The third kappa shape index (κ3) is 3.76. The Morgan fingerprint density at radius 2 is 1.24 bits per heavy atom. The summed E-state index contributed by atoms with van der Waals surface area (Å²) in [5, 5.41) is -0.0136. The van der Waals surface area contributed by atoms with Crippen LogP contribution in [0.25, 0.3) is 0 Å². The molecule has 3 aromatic carbocycles. The molecule has 150 valence electrons. The predicted octanol–water partition coefficient (Wildman–Crippen LogP) is 6.40. The van der Waals surface area contributed by atoms with Crippen LogP contribution in [-0.4, -0.2) is 17.7 Å². The fraction of sp³-hybridized carbons (Fsp3) is 0.250. The molecule has 29 heavy (non-hydrogen) atoms. The molecule has 1 fully saturated rings. The number of rotatable bonds is 7. The van der Waals surface area contributed by atoms with E-state index >= 15 is 0 Å². The maximum absolute atomic E-state index is 14.0. The van der Waals surface area contributed by atoms with Crippen LogP contribution in [0.5, 0.6) is 0 Å². The van der Waals surface area contributed by atoms with Crippen molar-refractivity contribution in [3.05, 3.63) is 91.0 Å². The summed E-state index contributed by atoms with van der Waals surface area (Å²) in [4.78, 5) is 2.51. The van der Waals surface area contributed by atoms with E-state index in [0.29, 0.717) is 4.90 Å². The summed E-state index contributed by atoms with van der Waals surface area (Å²) in [6.45, 7) is 4.27. The first-order valence-electron chi connectivity index (χ1n) is 9.72. The zero-order valence-corrected chi connectivity index (χ0v) is 18.9. The summed E-state index contributed by atoms with van der Waals surface area (Å²) in [6, 6.07) is 29.0. The standard InChI is InChI=1S/C24H24O2S3/c1-18(2)22-23(27-19-12-6-3-7-13-19)24(22,28-20-14-8-4-9-15-20)29(25,26)21-16-10-5-11-17-21/h3-18,22-23H,1-2H3/t22-,23+,24+/m1/s1. The van der Waals surface area contributed by atoms with Crippen LogP contribution in [0.1, 0.15) is 13.8 Å². The van der Waals surface area contributed by atoms with Crippen LogP contribution in [0.4, 0.5) is 0 Å². The van der Waals surface area contributed by atoms with Gasteiger partial charge in [0.05, 0.1) is 4.90 Å². The molecule has 0 radical (unpaired) electrons. The zero-order valence-electron chi connectivity index (χ0n) is 16.4. The molecule has 4 rings (SSSR count). The van der Waals surface area contributed by atoms with E-state index in [9.17, 15) is 8.42 Å². The van der Waals surface area contributed by atoms with Crippen molar-refractivity contribution in [1.29, 1.82) is 0 Å². The molecule has 5 heteroatoms. The second kappa shape index (κ2) is 8.21. The highest BCUT2D eigenvalue weighted by molar-refractivity contribution is 8.17. The number of thioether (sulfide) groups is 2. The maximum Gasteiger partial charge on any atom is 0.195 e. The molecule has 0 aromatic heterocycles. The van der Waals surface area contributed by atoms with Gasteiger partial charge in [-0.3, -0.25) is 0 Å². The van der Waals surface area contributed by atoms with Gasteiger partial charge in [-0.25, -0.2) is 8.42 Å². The molecule has 1 aliphatic carbocycles. The number of hydrogen-bond acceptors (Lipinski definition) is 4. The van der Waals surface area contributed by atoms with Gasteiger partial charge in [-0.1, -0.05) is 68.4 Å². The number of hydrogen-bond donors (Lipinski definition) is 0. The maximum atomic E-state index is 14.0. The van der Waals surface area contributed by atoms with Crippen molar-refractivity contribution < 1.29 is 8.42 Å². The van der Waals surface area contributed by atoms with Gasteiger partial charge in [0.25, 0.3) is 0 Å². The van der Waals surface area contributed by atoms with E-state index < -0.39 is 13.9 Å². The lowest BCUT2D eigenvalue weighted by atomic mass is 10.1. The van der Waals surface area contributed by atoms with Gasteiger partial charge in [0.2, 0.25) is 0 Å². The second-order valence-electron chi connectivity index (χ2n) is 7.57. The summed E-state index contributed by atoms with van der Waals surface area (Å²) >= 11 is 3.21. The van der Waals surface area contributed by atoms with E-state index in [1.54, 1.807) is 36.0 Å². The van der Waals surface area contributed by atoms with Gasteiger partial charge in [-0.2, -0.15) is 0 Å². The van der Waals surface area contributed by atoms with E-state index in [1.165, 1.54) is 11.8 Å². The van der Waals surface area contributed by atoms with Crippen molar-refractivity contribution in [1.82, 2.24) is 0 Å². The molecule has 0 unspecified atom stereocenters. The number of sulfone groups is 1. The minimum Gasteiger partial charge on any atom is -0.222 e. The minimum absolute atomic E-state index is 0.0136. The molecular formula is C24H24O2S3. The SMILES string of the molecule is CC(C)[C@@H]1[C@H](Sc2ccccc2)[C@@]1(Sc1ccccc1)S(=O)(=O)c1ccccc1. The van der Waals surface area contributed by atoms with Gasteiger partial charge in [0, 0.05) is 21.0 Å². The highest BCUT2D eigenvalue weighted by Crippen LogP contribution is 2.69. The first-order valence-corrected chi connectivity index (χ1v) is 12.9. The van der Waals surface area contributed by atoms with Gasteiger partial charge in [0.15, 0.2) is 9.84 Å². The summed E-state index contributed by atoms with van der Waals surface area (Å²) < 4.78 is 27.1. The van der Waals surface area contributed by atoms with Crippen LogP contribution in [0.15, 0.2) is 106 Å². The van der Waals surface area contributed by atoms with Gasteiger partial charge in [-0.05, 0) is 42.3 Å². The van der Waals surface area contributed by atoms with Crippen LogP contribution in [-0.2, 0) is 9.84 Å². The fourth-order valence-corrected chi connectivity index (χ4v) is 10.9. The van der Waals surface area contributed by atoms with Gasteiger partial charge < -0.3 is 0 Å². The second-order valence-corrected chi connectivity index (χ2v) is 12.6. The summed E-state index contributed by atoms with van der Waals surface area (Å²) in [7, 11) is -3.55. The smallest absolute Gasteiger partial charge is 0.195 e. The summed E-state index contributed by atoms with van der Waals surface area (Å²) in [5.74, 6) is 0.314. The van der Waals surface area contributed by atoms with Gasteiger partial charge in [0.1, 0.15) is 4.08 Å². The third-order valence-electron chi connectivity index (χ3n) is 5.30. The quantitative estimate of drug-likeness (QED) is 0.426. The average Bonchev–Trinajstić information content (AvgIpc) is 3.38. The molecule has 3 aromatic rings. The molecule has 0 aliphatic heterocycles. The van der Waals surface area contributed by atoms with E-state index in [4.69, 9.17) is 0 Å². The Bertz CT molecular complexity index is 1050. The topological polar surface area (TPSA) is 34.1 Å². The molecule has 0 bridgehead atoms. The average molecular weight is 441 g/mol. The largest absolute Gasteiger partial charge is 0.222 e. The third-order valence-corrected chi connectivity index (χ3v) is 11.6. The Hall–Kier alpha value is -1.69. The van der Waals surface area contributed by atoms with E-state index in [0.717, 1.165) is 9.79 Å². The molecule has 1 aliphatic rings. The van der Waals surface area contributed by atoms with E-state index in [-0.39, 0.29) is 17.1 Å². The van der Waals surface area contributed by atoms with E-state index in [1.807, 2.05) is 54.6 Å². The minimum atomic E-state index is -3.55. The lowest BCUT2D eigenvalue weighted by Crippen LogP contribution is -2.25. The van der Waals surface area contributed by atoms with Crippen molar-refractivity contribution in [2.24, 2.45) is 11.8 Å². The highest BCUT2D eigenvalue weighted by atomic mass is 32.3. The van der Waals surface area contributed by atoms with E-state index in [2.05, 4.69) is 26.0 Å². The van der Waals surface area contributed by atoms with Crippen LogP contribution in [0.2, 0.25) is 0 Å². The monoisotopic (exact) mass is 440 g/mol. The highest BCUT2D eigenvalue weighted by Gasteiger charge is 2.74. The Morgan fingerprint density at radius 3 is 1.76 bits per heavy atom. The van der Waals surface area contributed by atoms with Crippen molar-refractivity contribution in [2.75, 3.05) is 0 Å². The Morgan fingerprint density at radius 1 is 0.759 bits per heavy atom. The molecule has 0 saturated heterocycles. The van der Waals surface area contributed by atoms with Crippen molar-refractivity contribution >= 4 is 33.4 Å². The molecule has 1 saturated carbocycles. The van der Waals surface area contributed by atoms with Crippen molar-refractivity contribution in [2.45, 2.75) is 37.9 Å².